The van der Waals surface area contributed by atoms with Gasteiger partial charge in [-0.25, -0.2) is 0 Å². The van der Waals surface area contributed by atoms with Crippen LogP contribution in [0.5, 0.6) is 0 Å². The second-order valence-corrected chi connectivity index (χ2v) is 9.27. The van der Waals surface area contributed by atoms with Crippen LogP contribution in [-0.4, -0.2) is 27.4 Å². The Hall–Kier alpha value is 0.0669. The highest BCUT2D eigenvalue weighted by Gasteiger charge is 2.33. The van der Waals surface area contributed by atoms with Crippen molar-refractivity contribution in [2.75, 3.05) is 6.67 Å². The highest BCUT2D eigenvalue weighted by molar-refractivity contribution is 6.66. The van der Waals surface area contributed by atoms with Crippen LogP contribution in [0.4, 0.5) is 4.39 Å². The monoisotopic (exact) mass is 292 g/mol. The lowest BCUT2D eigenvalue weighted by atomic mass is 10.1. The number of halogens is 1. The minimum absolute atomic E-state index is 0.171. The largest absolute Gasteiger partial charge is 0.392 e. The van der Waals surface area contributed by atoms with E-state index in [1.807, 2.05) is 0 Å². The maximum atomic E-state index is 11.9. The van der Waals surface area contributed by atoms with Gasteiger partial charge in [-0.15, -0.1) is 0 Å². The SMILES string of the molecule is CC(C)O[Si](C)(CCCCCCCCF)OC(C)C. The van der Waals surface area contributed by atoms with Crippen molar-refractivity contribution in [3.63, 3.8) is 0 Å². The van der Waals surface area contributed by atoms with Crippen molar-refractivity contribution < 1.29 is 13.2 Å². The fraction of sp³-hybridized carbons (Fsp3) is 1.00. The number of unbranched alkanes of at least 4 members (excludes halogenated alkanes) is 5. The average Bonchev–Trinajstić information content (AvgIpc) is 2.25. The zero-order chi connectivity index (χ0) is 14.7. The van der Waals surface area contributed by atoms with E-state index in [2.05, 4.69) is 34.2 Å². The maximum Gasteiger partial charge on any atom is 0.335 e. The molecule has 0 fully saturated rings. The van der Waals surface area contributed by atoms with Gasteiger partial charge in [0.05, 0.1) is 6.67 Å². The minimum atomic E-state index is -2.01. The van der Waals surface area contributed by atoms with E-state index in [0.717, 1.165) is 31.7 Å². The highest BCUT2D eigenvalue weighted by atomic mass is 28.4. The van der Waals surface area contributed by atoms with Gasteiger partial charge >= 0.3 is 8.56 Å². The fourth-order valence-electron chi connectivity index (χ4n) is 2.39. The van der Waals surface area contributed by atoms with Gasteiger partial charge < -0.3 is 8.85 Å². The van der Waals surface area contributed by atoms with E-state index in [1.54, 1.807) is 0 Å². The van der Waals surface area contributed by atoms with Gasteiger partial charge in [0, 0.05) is 12.2 Å². The topological polar surface area (TPSA) is 18.5 Å². The van der Waals surface area contributed by atoms with E-state index in [-0.39, 0.29) is 18.9 Å². The molecule has 2 nitrogen and oxygen atoms in total. The van der Waals surface area contributed by atoms with Crippen LogP contribution in [0.2, 0.25) is 12.6 Å². The molecule has 0 aromatic rings. The summed E-state index contributed by atoms with van der Waals surface area (Å²) in [6, 6.07) is 1.06. The van der Waals surface area contributed by atoms with E-state index >= 15 is 0 Å². The second kappa shape index (κ2) is 10.8. The predicted molar refractivity (Wildman–Crippen MR) is 82.5 cm³/mol. The Morgan fingerprint density at radius 2 is 1.21 bits per heavy atom. The average molecular weight is 293 g/mol. The normalized spacial score (nSPS) is 12.6. The summed E-state index contributed by atoms with van der Waals surface area (Å²) >= 11 is 0. The molecule has 0 bridgehead atoms. The Bertz CT molecular complexity index is 200. The molecule has 0 amide bonds. The molecular weight excluding hydrogens is 259 g/mol. The lowest BCUT2D eigenvalue weighted by Gasteiger charge is -2.31. The van der Waals surface area contributed by atoms with Crippen LogP contribution in [0.1, 0.15) is 66.2 Å². The zero-order valence-corrected chi connectivity index (χ0v) is 14.5. The summed E-state index contributed by atoms with van der Waals surface area (Å²) in [5, 5.41) is 0. The summed E-state index contributed by atoms with van der Waals surface area (Å²) in [6.45, 7) is 10.3. The van der Waals surface area contributed by atoms with Crippen molar-refractivity contribution in [1.82, 2.24) is 0 Å². The summed E-state index contributed by atoms with van der Waals surface area (Å²) in [6.07, 6.45) is 6.94. The van der Waals surface area contributed by atoms with E-state index < -0.39 is 8.56 Å². The van der Waals surface area contributed by atoms with Crippen LogP contribution in [0, 0.1) is 0 Å². The third-order valence-electron chi connectivity index (χ3n) is 2.98. The van der Waals surface area contributed by atoms with Crippen molar-refractivity contribution in [3.05, 3.63) is 0 Å². The lowest BCUT2D eigenvalue weighted by Crippen LogP contribution is -2.42. The van der Waals surface area contributed by atoms with Crippen LogP contribution in [-0.2, 0) is 8.85 Å². The Balaban J connectivity index is 3.86. The Morgan fingerprint density at radius 1 is 0.789 bits per heavy atom. The molecule has 0 spiro atoms. The molecule has 0 aliphatic carbocycles. The molecule has 0 aliphatic heterocycles. The summed E-state index contributed by atoms with van der Waals surface area (Å²) in [7, 11) is -2.01. The molecule has 0 saturated carbocycles. The van der Waals surface area contributed by atoms with Crippen LogP contribution in [0.15, 0.2) is 0 Å². The van der Waals surface area contributed by atoms with Gasteiger partial charge in [0.2, 0.25) is 0 Å². The zero-order valence-electron chi connectivity index (χ0n) is 13.5. The predicted octanol–water partition coefficient (Wildman–Crippen LogP) is 5.22. The minimum Gasteiger partial charge on any atom is -0.392 e. The molecule has 0 aromatic heterocycles. The molecule has 0 N–H and O–H groups in total. The molecule has 0 aromatic carbocycles. The third-order valence-corrected chi connectivity index (χ3v) is 6.19. The number of alkyl halides is 1. The molecule has 0 atom stereocenters. The summed E-state index contributed by atoms with van der Waals surface area (Å²) in [4.78, 5) is 0. The first kappa shape index (κ1) is 19.1. The van der Waals surface area contributed by atoms with E-state index in [0.29, 0.717) is 0 Å². The molecule has 116 valence electrons. The van der Waals surface area contributed by atoms with Crippen LogP contribution in [0.25, 0.3) is 0 Å². The molecular formula is C15H33FO2Si. The summed E-state index contributed by atoms with van der Waals surface area (Å²) < 4.78 is 24.1. The van der Waals surface area contributed by atoms with Gasteiger partial charge in [-0.1, -0.05) is 32.1 Å². The van der Waals surface area contributed by atoms with E-state index in [1.165, 1.54) is 12.8 Å². The Labute approximate surface area is 120 Å². The molecule has 0 rings (SSSR count). The number of rotatable bonds is 12. The summed E-state index contributed by atoms with van der Waals surface area (Å²) in [5.41, 5.74) is 0. The number of hydrogen-bond acceptors (Lipinski definition) is 2. The molecule has 0 aliphatic rings. The van der Waals surface area contributed by atoms with Crippen LogP contribution < -0.4 is 0 Å². The molecule has 19 heavy (non-hydrogen) atoms. The van der Waals surface area contributed by atoms with Gasteiger partial charge in [0.15, 0.2) is 0 Å². The second-order valence-electron chi connectivity index (χ2n) is 6.03. The summed E-state index contributed by atoms with van der Waals surface area (Å²) in [5.74, 6) is 0. The highest BCUT2D eigenvalue weighted by Crippen LogP contribution is 2.22. The first-order valence-electron chi connectivity index (χ1n) is 7.81. The van der Waals surface area contributed by atoms with Crippen LogP contribution >= 0.6 is 0 Å². The van der Waals surface area contributed by atoms with Crippen molar-refractivity contribution >= 4 is 8.56 Å². The molecule has 4 heteroatoms. The van der Waals surface area contributed by atoms with Gasteiger partial charge in [-0.2, -0.15) is 0 Å². The maximum absolute atomic E-state index is 11.9. The van der Waals surface area contributed by atoms with Crippen molar-refractivity contribution in [3.8, 4) is 0 Å². The van der Waals surface area contributed by atoms with Gasteiger partial charge in [-0.05, 0) is 46.7 Å². The standard InChI is InChI=1S/C15H33FO2Si/c1-14(2)17-19(5,18-15(3)4)13-11-9-7-6-8-10-12-16/h14-15H,6-13H2,1-5H3. The third kappa shape index (κ3) is 11.6. The van der Waals surface area contributed by atoms with Crippen molar-refractivity contribution in [1.29, 1.82) is 0 Å². The quantitative estimate of drug-likeness (QED) is 0.363. The molecule has 0 heterocycles. The fourth-order valence-corrected chi connectivity index (χ4v) is 5.57. The van der Waals surface area contributed by atoms with E-state index in [4.69, 9.17) is 8.85 Å². The molecule has 0 radical (unpaired) electrons. The lowest BCUT2D eigenvalue weighted by molar-refractivity contribution is 0.109. The van der Waals surface area contributed by atoms with Crippen molar-refractivity contribution in [2.24, 2.45) is 0 Å². The molecule has 0 saturated heterocycles. The Morgan fingerprint density at radius 3 is 1.63 bits per heavy atom. The molecule has 0 unspecified atom stereocenters. The Kier molecular flexibility index (Phi) is 10.8. The van der Waals surface area contributed by atoms with Crippen molar-refractivity contribution in [2.45, 2.75) is 91.0 Å². The first-order valence-corrected chi connectivity index (χ1v) is 10.3. The number of hydrogen-bond donors (Lipinski definition) is 0. The van der Waals surface area contributed by atoms with Crippen LogP contribution in [0.3, 0.4) is 0 Å². The smallest absolute Gasteiger partial charge is 0.335 e. The van der Waals surface area contributed by atoms with Gasteiger partial charge in [0.1, 0.15) is 0 Å². The van der Waals surface area contributed by atoms with Gasteiger partial charge in [-0.3, -0.25) is 4.39 Å². The van der Waals surface area contributed by atoms with E-state index in [9.17, 15) is 4.39 Å². The van der Waals surface area contributed by atoms with Gasteiger partial charge in [0.25, 0.3) is 0 Å². The first-order chi connectivity index (χ1) is 8.89.